The van der Waals surface area contributed by atoms with E-state index in [1.807, 2.05) is 6.08 Å². The van der Waals surface area contributed by atoms with Gasteiger partial charge in [-0.15, -0.1) is 0 Å². The van der Waals surface area contributed by atoms with Gasteiger partial charge >= 0.3 is 0 Å². The number of benzene rings is 1. The average molecular weight is 322 g/mol. The fourth-order valence-corrected chi connectivity index (χ4v) is 27.9. The fraction of sp³-hybridized carbons (Fsp3) is 0.500. The van der Waals surface area contributed by atoms with Crippen molar-refractivity contribution in [1.29, 1.82) is 0 Å². The van der Waals surface area contributed by atoms with Crippen molar-refractivity contribution in [3.05, 3.63) is 36.4 Å². The Morgan fingerprint density at radius 3 is 1.70 bits per heavy atom. The molecule has 0 atom stereocenters. The molecule has 1 aromatic rings. The molecule has 112 valence electrons. The van der Waals surface area contributed by atoms with Crippen molar-refractivity contribution in [2.45, 2.75) is 52.4 Å². The van der Waals surface area contributed by atoms with E-state index in [0.29, 0.717) is 0 Å². The largest absolute Gasteiger partial charge is 0.365 e. The van der Waals surface area contributed by atoms with Gasteiger partial charge < -0.3 is 3.90 Å². The smallest absolute Gasteiger partial charge is 0.141 e. The summed E-state index contributed by atoms with van der Waals surface area (Å²) in [6.07, 6.45) is 2.02. The SMILES string of the molecule is C=Cc1ccccc1[Si](C)(C)N([Si](C)(C)C)[Si](C)(C)C. The first-order valence-corrected chi connectivity index (χ1v) is 17.3. The summed E-state index contributed by atoms with van der Waals surface area (Å²) in [5, 5.41) is 1.54. The third-order valence-electron chi connectivity index (χ3n) is 3.74. The molecule has 1 aromatic carbocycles. The molecule has 0 aromatic heterocycles. The lowest BCUT2D eigenvalue weighted by atomic mass is 10.2. The van der Waals surface area contributed by atoms with Crippen LogP contribution in [-0.4, -0.2) is 28.6 Å². The van der Waals surface area contributed by atoms with Crippen LogP contribution in [0.4, 0.5) is 0 Å². The molecule has 20 heavy (non-hydrogen) atoms. The van der Waals surface area contributed by atoms with Crippen molar-refractivity contribution in [2.24, 2.45) is 0 Å². The van der Waals surface area contributed by atoms with E-state index in [9.17, 15) is 0 Å². The third-order valence-corrected chi connectivity index (χ3v) is 20.7. The summed E-state index contributed by atoms with van der Waals surface area (Å²) in [5.41, 5.74) is 1.32. The number of nitrogens with zero attached hydrogens (tertiary/aromatic N) is 1. The standard InChI is InChI=1S/C16H31NSi3/c1-10-15-13-11-12-14-16(15)20(8,9)17(18(2,3)4)19(5,6)7/h10-14H,1H2,2-9H3. The van der Waals surface area contributed by atoms with Crippen LogP contribution in [-0.2, 0) is 0 Å². The molecule has 0 unspecified atom stereocenters. The Morgan fingerprint density at radius 1 is 0.850 bits per heavy atom. The molecule has 0 saturated heterocycles. The van der Waals surface area contributed by atoms with Crippen LogP contribution in [0, 0.1) is 0 Å². The Labute approximate surface area is 129 Å². The minimum absolute atomic E-state index is 1.32. The quantitative estimate of drug-likeness (QED) is 0.710. The van der Waals surface area contributed by atoms with Crippen LogP contribution in [0.3, 0.4) is 0 Å². The lowest BCUT2D eigenvalue weighted by Gasteiger charge is -2.53. The molecule has 1 nitrogen and oxygen atoms in total. The molecule has 0 aliphatic rings. The first-order chi connectivity index (χ1) is 8.92. The molecule has 0 heterocycles. The molecule has 0 aliphatic heterocycles. The molecule has 0 aliphatic carbocycles. The van der Waals surface area contributed by atoms with Gasteiger partial charge in [-0.05, 0) is 10.8 Å². The molecule has 0 fully saturated rings. The maximum atomic E-state index is 4.02. The van der Waals surface area contributed by atoms with Crippen LogP contribution < -0.4 is 5.19 Å². The van der Waals surface area contributed by atoms with E-state index in [1.165, 1.54) is 5.56 Å². The van der Waals surface area contributed by atoms with Crippen molar-refractivity contribution in [1.82, 2.24) is 3.90 Å². The van der Waals surface area contributed by atoms with E-state index in [1.54, 1.807) is 5.19 Å². The highest BCUT2D eigenvalue weighted by molar-refractivity contribution is 7.08. The minimum atomic E-state index is -1.66. The van der Waals surface area contributed by atoms with Crippen LogP contribution in [0.1, 0.15) is 5.56 Å². The first kappa shape index (κ1) is 17.6. The van der Waals surface area contributed by atoms with Gasteiger partial charge in [-0.3, -0.25) is 0 Å². The highest BCUT2D eigenvalue weighted by Crippen LogP contribution is 2.28. The van der Waals surface area contributed by atoms with Gasteiger partial charge in [0.2, 0.25) is 0 Å². The van der Waals surface area contributed by atoms with E-state index in [2.05, 4.69) is 87.1 Å². The van der Waals surface area contributed by atoms with E-state index in [-0.39, 0.29) is 0 Å². The average Bonchev–Trinajstić information content (AvgIpc) is 2.24. The van der Waals surface area contributed by atoms with Crippen molar-refractivity contribution < 1.29 is 0 Å². The molecular formula is C16H31NSi3. The Balaban J connectivity index is 3.48. The van der Waals surface area contributed by atoms with Gasteiger partial charge in [0.25, 0.3) is 0 Å². The minimum Gasteiger partial charge on any atom is -0.365 e. The van der Waals surface area contributed by atoms with Crippen LogP contribution in [0.2, 0.25) is 52.4 Å². The summed E-state index contributed by atoms with van der Waals surface area (Å²) in [6, 6.07) is 8.85. The predicted octanol–water partition coefficient (Wildman–Crippen LogP) is 4.71. The van der Waals surface area contributed by atoms with Crippen molar-refractivity contribution in [2.75, 3.05) is 0 Å². The molecule has 0 saturated carbocycles. The second-order valence-electron chi connectivity index (χ2n) is 8.03. The second-order valence-corrected chi connectivity index (χ2v) is 23.1. The van der Waals surface area contributed by atoms with Gasteiger partial charge in [0.05, 0.1) is 0 Å². The molecule has 4 heteroatoms. The summed E-state index contributed by atoms with van der Waals surface area (Å²) < 4.78 is 3.01. The van der Waals surface area contributed by atoms with Gasteiger partial charge in [-0.25, -0.2) is 0 Å². The molecule has 1 rings (SSSR count). The van der Waals surface area contributed by atoms with Gasteiger partial charge in [-0.1, -0.05) is 89.3 Å². The lowest BCUT2D eigenvalue weighted by molar-refractivity contribution is 0.909. The maximum Gasteiger partial charge on any atom is 0.141 e. The molecule has 0 amide bonds. The summed E-state index contributed by atoms with van der Waals surface area (Å²) in [7, 11) is -4.37. The van der Waals surface area contributed by atoms with Gasteiger partial charge in [0.1, 0.15) is 24.7 Å². The fourth-order valence-electron chi connectivity index (χ4n) is 4.04. The van der Waals surface area contributed by atoms with Crippen LogP contribution in [0.15, 0.2) is 30.8 Å². The highest BCUT2D eigenvalue weighted by Gasteiger charge is 2.46. The van der Waals surface area contributed by atoms with E-state index in [4.69, 9.17) is 0 Å². The van der Waals surface area contributed by atoms with Crippen molar-refractivity contribution in [3.63, 3.8) is 0 Å². The van der Waals surface area contributed by atoms with Gasteiger partial charge in [-0.2, -0.15) is 0 Å². The molecule has 0 N–H and O–H groups in total. The predicted molar refractivity (Wildman–Crippen MR) is 102 cm³/mol. The summed E-state index contributed by atoms with van der Waals surface area (Å²) >= 11 is 0. The summed E-state index contributed by atoms with van der Waals surface area (Å²) in [4.78, 5) is 0. The van der Waals surface area contributed by atoms with Crippen LogP contribution >= 0.6 is 0 Å². The lowest BCUT2D eigenvalue weighted by Crippen LogP contribution is -2.74. The van der Waals surface area contributed by atoms with E-state index in [0.717, 1.165) is 0 Å². The summed E-state index contributed by atoms with van der Waals surface area (Å²) in [6.45, 7) is 24.0. The van der Waals surface area contributed by atoms with Gasteiger partial charge in [0, 0.05) is 0 Å². The number of hydrogen-bond acceptors (Lipinski definition) is 1. The van der Waals surface area contributed by atoms with Crippen LogP contribution in [0.5, 0.6) is 0 Å². The van der Waals surface area contributed by atoms with Crippen molar-refractivity contribution in [3.8, 4) is 0 Å². The Hall–Kier alpha value is -0.429. The second kappa shape index (κ2) is 5.75. The first-order valence-electron chi connectivity index (χ1n) is 7.45. The topological polar surface area (TPSA) is 3.24 Å². The highest BCUT2D eigenvalue weighted by atomic mass is 28.5. The monoisotopic (exact) mass is 321 g/mol. The third kappa shape index (κ3) is 3.61. The normalized spacial score (nSPS) is 13.7. The zero-order valence-electron chi connectivity index (χ0n) is 14.5. The molecule has 0 bridgehead atoms. The molecule has 0 spiro atoms. The molecular weight excluding hydrogens is 290 g/mol. The summed E-state index contributed by atoms with van der Waals surface area (Å²) in [5.74, 6) is 0. The van der Waals surface area contributed by atoms with E-state index >= 15 is 0 Å². The Morgan fingerprint density at radius 2 is 1.30 bits per heavy atom. The molecule has 0 radical (unpaired) electrons. The zero-order chi connectivity index (χ0) is 15.8. The zero-order valence-corrected chi connectivity index (χ0v) is 17.5. The van der Waals surface area contributed by atoms with Crippen LogP contribution in [0.25, 0.3) is 6.08 Å². The van der Waals surface area contributed by atoms with Crippen molar-refractivity contribution >= 4 is 36.0 Å². The maximum absolute atomic E-state index is 4.02. The number of rotatable bonds is 5. The number of hydrogen-bond donors (Lipinski definition) is 0. The van der Waals surface area contributed by atoms with E-state index < -0.39 is 24.7 Å². The Bertz CT molecular complexity index is 467. The van der Waals surface area contributed by atoms with Gasteiger partial charge in [0.15, 0.2) is 0 Å². The Kier molecular flexibility index (Phi) is 5.07.